The Balaban J connectivity index is 0.000000322. The number of nitrogens with one attached hydrogen (secondary N) is 2. The Hall–Kier alpha value is -2.00. The van der Waals surface area contributed by atoms with Crippen LogP contribution in [0.1, 0.15) is 63.4 Å². The number of hydrogen-bond acceptors (Lipinski definition) is 4. The van der Waals surface area contributed by atoms with E-state index in [1.165, 1.54) is 12.8 Å². The van der Waals surface area contributed by atoms with E-state index in [0.29, 0.717) is 24.1 Å². The third kappa shape index (κ3) is 9.41. The summed E-state index contributed by atoms with van der Waals surface area (Å²) in [4.78, 5) is 24.2. The van der Waals surface area contributed by atoms with Crippen molar-refractivity contribution < 1.29 is 27.2 Å². The van der Waals surface area contributed by atoms with Gasteiger partial charge in [0, 0.05) is 24.2 Å². The largest absolute Gasteiger partial charge is 0.416 e. The maximum absolute atomic E-state index is 12.5. The lowest BCUT2D eigenvalue weighted by Gasteiger charge is -2.59. The van der Waals surface area contributed by atoms with Crippen LogP contribution in [0.4, 0.5) is 17.6 Å². The van der Waals surface area contributed by atoms with Crippen LogP contribution >= 0.6 is 0 Å². The fourth-order valence-electron chi connectivity index (χ4n) is 4.38. The molecule has 1 aliphatic carbocycles. The molecule has 1 heterocycles. The van der Waals surface area contributed by atoms with Crippen molar-refractivity contribution in [2.45, 2.75) is 59.2 Å². The molecule has 1 saturated heterocycles. The van der Waals surface area contributed by atoms with Crippen LogP contribution in [-0.4, -0.2) is 55.9 Å². The van der Waals surface area contributed by atoms with Gasteiger partial charge < -0.3 is 10.6 Å². The van der Waals surface area contributed by atoms with E-state index < -0.39 is 17.6 Å². The Kier molecular flexibility index (Phi) is 10.5. The van der Waals surface area contributed by atoms with Crippen molar-refractivity contribution >= 4 is 12.2 Å². The van der Waals surface area contributed by atoms with Gasteiger partial charge in [0.2, 0.25) is 5.91 Å². The third-order valence-electron chi connectivity index (χ3n) is 5.32. The summed E-state index contributed by atoms with van der Waals surface area (Å²) in [5.74, 6) is -0.0547. The van der Waals surface area contributed by atoms with E-state index in [2.05, 4.69) is 15.5 Å². The highest BCUT2D eigenvalue weighted by molar-refractivity contribution is 5.78. The fraction of sp³-hybridized carbons (Fsp3) is 0.667. The van der Waals surface area contributed by atoms with Crippen molar-refractivity contribution in [3.63, 3.8) is 0 Å². The van der Waals surface area contributed by atoms with Gasteiger partial charge in [-0.15, -0.1) is 0 Å². The van der Waals surface area contributed by atoms with Gasteiger partial charge in [-0.1, -0.05) is 13.8 Å². The van der Waals surface area contributed by atoms with Gasteiger partial charge >= 0.3 is 6.18 Å². The second-order valence-electron chi connectivity index (χ2n) is 9.66. The molecule has 3 rings (SSSR count). The van der Waals surface area contributed by atoms with E-state index in [4.69, 9.17) is 0 Å². The summed E-state index contributed by atoms with van der Waals surface area (Å²) < 4.78 is 48.5. The standard InChI is InChI=1S/C14H27N3O.C8H4F4O.C2H6/c1-13(2,3)16-12(18)8-17-9-14(10-17)5-11(6-14)7-15-4;9-7-2-5(4-13)1-6(3-7)8(10,11)12;1-2/h11,15H,5-10H2,1-4H3,(H,16,18);1-4H;1-2H3. The molecule has 2 N–H and O–H groups in total. The Morgan fingerprint density at radius 2 is 1.73 bits per heavy atom. The van der Waals surface area contributed by atoms with Crippen LogP contribution in [0.25, 0.3) is 0 Å². The van der Waals surface area contributed by atoms with Crippen LogP contribution in [0.5, 0.6) is 0 Å². The van der Waals surface area contributed by atoms with Gasteiger partial charge in [-0.25, -0.2) is 4.39 Å². The maximum atomic E-state index is 12.5. The summed E-state index contributed by atoms with van der Waals surface area (Å²) in [7, 11) is 2.02. The van der Waals surface area contributed by atoms with Crippen LogP contribution in [0.3, 0.4) is 0 Å². The van der Waals surface area contributed by atoms with E-state index in [0.717, 1.165) is 31.6 Å². The zero-order chi connectivity index (χ0) is 25.4. The molecule has 0 radical (unpaired) electrons. The molecular weight excluding hydrogens is 438 g/mol. The minimum absolute atomic E-state index is 0.117. The van der Waals surface area contributed by atoms with Gasteiger partial charge in [0.1, 0.15) is 12.1 Å². The molecule has 2 fully saturated rings. The number of hydrogen-bond donors (Lipinski definition) is 2. The molecule has 0 unspecified atom stereocenters. The highest BCUT2D eigenvalue weighted by Gasteiger charge is 2.51. The fourth-order valence-corrected chi connectivity index (χ4v) is 4.38. The van der Waals surface area contributed by atoms with Crippen LogP contribution in [0, 0.1) is 17.2 Å². The second kappa shape index (κ2) is 11.9. The first-order chi connectivity index (χ1) is 15.2. The molecule has 1 aliphatic heterocycles. The average molecular weight is 476 g/mol. The van der Waals surface area contributed by atoms with Gasteiger partial charge in [0.25, 0.3) is 0 Å². The monoisotopic (exact) mass is 475 g/mol. The minimum atomic E-state index is -4.63. The van der Waals surface area contributed by atoms with E-state index in [9.17, 15) is 27.2 Å². The van der Waals surface area contributed by atoms with Crippen LogP contribution in [-0.2, 0) is 11.0 Å². The molecule has 9 heteroatoms. The van der Waals surface area contributed by atoms with Gasteiger partial charge in [-0.2, -0.15) is 13.2 Å². The molecule has 0 aromatic heterocycles. The summed E-state index contributed by atoms with van der Waals surface area (Å²) in [6, 6.07) is 1.67. The molecule has 188 valence electrons. The number of nitrogens with zero attached hydrogens (tertiary/aromatic N) is 1. The predicted octanol–water partition coefficient (Wildman–Crippen LogP) is 4.52. The van der Waals surface area contributed by atoms with Crippen molar-refractivity contribution in [1.82, 2.24) is 15.5 Å². The molecule has 1 amide bonds. The Bertz CT molecular complexity index is 777. The molecule has 5 nitrogen and oxygen atoms in total. The quantitative estimate of drug-likeness (QED) is 0.486. The lowest BCUT2D eigenvalue weighted by atomic mass is 9.57. The first-order valence-electron chi connectivity index (χ1n) is 11.3. The number of amides is 1. The van der Waals surface area contributed by atoms with Crippen molar-refractivity contribution in [2.75, 3.05) is 33.2 Å². The van der Waals surface area contributed by atoms with E-state index in [1.807, 2.05) is 41.7 Å². The Morgan fingerprint density at radius 3 is 2.18 bits per heavy atom. The first kappa shape index (κ1) is 29.0. The van der Waals surface area contributed by atoms with Crippen molar-refractivity contribution in [3.05, 3.63) is 35.1 Å². The normalized spacial score (nSPS) is 17.5. The molecular formula is C24H37F4N3O2. The number of rotatable bonds is 5. The number of aldehydes is 1. The van der Waals surface area contributed by atoms with E-state index in [1.54, 1.807) is 0 Å². The van der Waals surface area contributed by atoms with Gasteiger partial charge in [0.05, 0.1) is 12.1 Å². The number of halogens is 4. The molecule has 1 spiro atoms. The third-order valence-corrected chi connectivity index (χ3v) is 5.32. The minimum Gasteiger partial charge on any atom is -0.350 e. The summed E-state index contributed by atoms with van der Waals surface area (Å²) in [6.45, 7) is 14.0. The maximum Gasteiger partial charge on any atom is 0.416 e. The number of likely N-dealkylation sites (tertiary alicyclic amines) is 1. The highest BCUT2D eigenvalue weighted by atomic mass is 19.4. The predicted molar refractivity (Wildman–Crippen MR) is 122 cm³/mol. The molecule has 2 aliphatic rings. The van der Waals surface area contributed by atoms with Gasteiger partial charge in [0.15, 0.2) is 0 Å². The summed E-state index contributed by atoms with van der Waals surface area (Å²) in [5, 5.41) is 6.27. The smallest absolute Gasteiger partial charge is 0.350 e. The SMILES string of the molecule is CC.CNCC1CC2(C1)CN(CC(=O)NC(C)(C)C)C2.O=Cc1cc(F)cc(C(F)(F)F)c1. The summed E-state index contributed by atoms with van der Waals surface area (Å²) in [5.41, 5.74) is -1.04. The molecule has 0 bridgehead atoms. The zero-order valence-corrected chi connectivity index (χ0v) is 20.4. The number of benzene rings is 1. The topological polar surface area (TPSA) is 61.4 Å². The van der Waals surface area contributed by atoms with Crippen LogP contribution < -0.4 is 10.6 Å². The molecule has 0 atom stereocenters. The lowest BCUT2D eigenvalue weighted by molar-refractivity contribution is -0.138. The highest BCUT2D eigenvalue weighted by Crippen LogP contribution is 2.51. The summed E-state index contributed by atoms with van der Waals surface area (Å²) in [6.07, 6.45) is -1.78. The van der Waals surface area contributed by atoms with E-state index in [-0.39, 0.29) is 23.3 Å². The van der Waals surface area contributed by atoms with Crippen LogP contribution in [0.2, 0.25) is 0 Å². The number of carbonyl (C=O) groups is 2. The Morgan fingerprint density at radius 1 is 1.15 bits per heavy atom. The van der Waals surface area contributed by atoms with Crippen molar-refractivity contribution in [3.8, 4) is 0 Å². The number of alkyl halides is 3. The Labute approximate surface area is 194 Å². The second-order valence-corrected chi connectivity index (χ2v) is 9.66. The van der Waals surface area contributed by atoms with Crippen molar-refractivity contribution in [1.29, 1.82) is 0 Å². The molecule has 1 aromatic rings. The lowest BCUT2D eigenvalue weighted by Crippen LogP contribution is -2.64. The average Bonchev–Trinajstić information content (AvgIpc) is 2.64. The summed E-state index contributed by atoms with van der Waals surface area (Å²) >= 11 is 0. The number of carbonyl (C=O) groups excluding carboxylic acids is 2. The van der Waals surface area contributed by atoms with E-state index >= 15 is 0 Å². The van der Waals surface area contributed by atoms with Gasteiger partial charge in [-0.3, -0.25) is 14.5 Å². The molecule has 1 saturated carbocycles. The molecule has 33 heavy (non-hydrogen) atoms. The van der Waals surface area contributed by atoms with Crippen LogP contribution in [0.15, 0.2) is 18.2 Å². The zero-order valence-electron chi connectivity index (χ0n) is 20.4. The molecule has 1 aromatic carbocycles. The first-order valence-corrected chi connectivity index (χ1v) is 11.3. The van der Waals surface area contributed by atoms with Crippen molar-refractivity contribution in [2.24, 2.45) is 11.3 Å². The van der Waals surface area contributed by atoms with Gasteiger partial charge in [-0.05, 0) is 76.7 Å².